The van der Waals surface area contributed by atoms with Gasteiger partial charge >= 0.3 is 0 Å². The van der Waals surface area contributed by atoms with Gasteiger partial charge < -0.3 is 13.8 Å². The van der Waals surface area contributed by atoms with Gasteiger partial charge in [0.2, 0.25) is 0 Å². The number of ether oxygens (including phenoxy) is 1. The molecule has 3 heterocycles. The number of methoxy groups -OCH3 is 1. The molecule has 0 aliphatic carbocycles. The molecule has 0 aliphatic rings. The minimum Gasteiger partial charge on any atom is -0.384 e. The van der Waals surface area contributed by atoms with Crippen LogP contribution in [0.3, 0.4) is 0 Å². The zero-order valence-corrected chi connectivity index (χ0v) is 11.1. The number of pyridine rings is 1. The zero-order chi connectivity index (χ0) is 13.8. The van der Waals surface area contributed by atoms with Crippen LogP contribution < -0.4 is 0 Å². The maximum Gasteiger partial charge on any atom is 0.259 e. The normalized spacial score (nSPS) is 10.8. The van der Waals surface area contributed by atoms with Crippen molar-refractivity contribution in [2.75, 3.05) is 13.7 Å². The lowest BCUT2D eigenvalue weighted by atomic mass is 10.3. The van der Waals surface area contributed by atoms with Crippen LogP contribution in [0.5, 0.6) is 0 Å². The van der Waals surface area contributed by atoms with Gasteiger partial charge in [-0.25, -0.2) is 4.98 Å². The summed E-state index contributed by atoms with van der Waals surface area (Å²) in [6, 6.07) is 7.73. The summed E-state index contributed by atoms with van der Waals surface area (Å²) < 4.78 is 12.1. The second kappa shape index (κ2) is 5.66. The predicted octanol–water partition coefficient (Wildman–Crippen LogP) is 2.11. The lowest BCUT2D eigenvalue weighted by Gasteiger charge is -2.01. The van der Waals surface area contributed by atoms with Crippen LogP contribution in [0.1, 0.15) is 5.82 Å². The Kier molecular flexibility index (Phi) is 3.56. The largest absolute Gasteiger partial charge is 0.384 e. The van der Waals surface area contributed by atoms with E-state index in [4.69, 9.17) is 9.26 Å². The van der Waals surface area contributed by atoms with Crippen LogP contribution in [0.25, 0.3) is 17.3 Å². The fraction of sp³-hybridized carbons (Fsp3) is 0.214. The lowest BCUT2D eigenvalue weighted by Crippen LogP contribution is -1.96. The SMILES string of the molecule is COCCc1noc(-c2ccc(-n3cccc3)nc2)n1. The first-order valence-electron chi connectivity index (χ1n) is 6.28. The molecular weight excluding hydrogens is 256 g/mol. The van der Waals surface area contributed by atoms with Crippen LogP contribution in [0, 0.1) is 0 Å². The quantitative estimate of drug-likeness (QED) is 0.710. The molecular formula is C14H14N4O2. The molecule has 0 radical (unpaired) electrons. The van der Waals surface area contributed by atoms with Crippen molar-refractivity contribution in [2.24, 2.45) is 0 Å². The van der Waals surface area contributed by atoms with Crippen molar-refractivity contribution >= 4 is 0 Å². The summed E-state index contributed by atoms with van der Waals surface area (Å²) in [6.07, 6.45) is 6.24. The highest BCUT2D eigenvalue weighted by atomic mass is 16.5. The molecule has 0 aromatic carbocycles. The Morgan fingerprint density at radius 1 is 1.25 bits per heavy atom. The van der Waals surface area contributed by atoms with Gasteiger partial charge in [0.25, 0.3) is 5.89 Å². The highest BCUT2D eigenvalue weighted by Crippen LogP contribution is 2.17. The molecule has 0 atom stereocenters. The number of rotatable bonds is 5. The van der Waals surface area contributed by atoms with E-state index in [1.807, 2.05) is 41.2 Å². The summed E-state index contributed by atoms with van der Waals surface area (Å²) in [6.45, 7) is 0.573. The zero-order valence-electron chi connectivity index (χ0n) is 11.1. The molecule has 6 nitrogen and oxygen atoms in total. The van der Waals surface area contributed by atoms with Crippen LogP contribution in [-0.2, 0) is 11.2 Å². The average Bonchev–Trinajstić information content (AvgIpc) is 3.17. The van der Waals surface area contributed by atoms with Gasteiger partial charge in [0.1, 0.15) is 5.82 Å². The van der Waals surface area contributed by atoms with Gasteiger partial charge in [0, 0.05) is 32.1 Å². The van der Waals surface area contributed by atoms with Gasteiger partial charge in [-0.3, -0.25) is 0 Å². The molecule has 3 aromatic rings. The van der Waals surface area contributed by atoms with E-state index < -0.39 is 0 Å². The van der Waals surface area contributed by atoms with Gasteiger partial charge in [-0.1, -0.05) is 5.16 Å². The third kappa shape index (κ3) is 2.60. The Morgan fingerprint density at radius 2 is 2.10 bits per heavy atom. The van der Waals surface area contributed by atoms with Crippen molar-refractivity contribution in [3.05, 3.63) is 48.7 Å². The summed E-state index contributed by atoms with van der Waals surface area (Å²) in [5.41, 5.74) is 0.803. The first-order chi connectivity index (χ1) is 9.86. The van der Waals surface area contributed by atoms with Crippen LogP contribution in [-0.4, -0.2) is 33.4 Å². The van der Waals surface area contributed by atoms with E-state index >= 15 is 0 Å². The van der Waals surface area contributed by atoms with Crippen molar-refractivity contribution in [3.63, 3.8) is 0 Å². The van der Waals surface area contributed by atoms with Crippen molar-refractivity contribution in [2.45, 2.75) is 6.42 Å². The van der Waals surface area contributed by atoms with Crippen LogP contribution >= 0.6 is 0 Å². The van der Waals surface area contributed by atoms with Crippen LogP contribution in [0.4, 0.5) is 0 Å². The molecule has 0 spiro atoms. The average molecular weight is 270 g/mol. The monoisotopic (exact) mass is 270 g/mol. The van der Waals surface area contributed by atoms with Gasteiger partial charge in [-0.2, -0.15) is 4.98 Å². The standard InChI is InChI=1S/C14H14N4O2/c1-19-9-6-12-16-14(20-17-12)11-4-5-13(15-10-11)18-7-2-3-8-18/h2-5,7-8,10H,6,9H2,1H3. The molecule has 0 bridgehead atoms. The molecule has 3 rings (SSSR count). The predicted molar refractivity (Wildman–Crippen MR) is 72.4 cm³/mol. The molecule has 6 heteroatoms. The van der Waals surface area contributed by atoms with E-state index in [-0.39, 0.29) is 0 Å². The second-order valence-electron chi connectivity index (χ2n) is 4.25. The van der Waals surface area contributed by atoms with E-state index in [0.29, 0.717) is 24.7 Å². The first kappa shape index (κ1) is 12.6. The lowest BCUT2D eigenvalue weighted by molar-refractivity contribution is 0.199. The topological polar surface area (TPSA) is 66.0 Å². The third-order valence-corrected chi connectivity index (χ3v) is 2.86. The Morgan fingerprint density at radius 3 is 2.80 bits per heavy atom. The second-order valence-corrected chi connectivity index (χ2v) is 4.25. The fourth-order valence-corrected chi connectivity index (χ4v) is 1.82. The summed E-state index contributed by atoms with van der Waals surface area (Å²) in [4.78, 5) is 8.69. The summed E-state index contributed by atoms with van der Waals surface area (Å²) in [5.74, 6) is 1.96. The van der Waals surface area contributed by atoms with Gasteiger partial charge in [-0.05, 0) is 24.3 Å². The maximum atomic E-state index is 5.21. The Labute approximate surface area is 116 Å². The Hall–Kier alpha value is -2.47. The van der Waals surface area contributed by atoms with E-state index in [0.717, 1.165) is 11.4 Å². The smallest absolute Gasteiger partial charge is 0.259 e. The highest BCUT2D eigenvalue weighted by molar-refractivity contribution is 5.52. The van der Waals surface area contributed by atoms with Crippen molar-refractivity contribution in [1.29, 1.82) is 0 Å². The van der Waals surface area contributed by atoms with Crippen LogP contribution in [0.15, 0.2) is 47.4 Å². The number of nitrogens with zero attached hydrogens (tertiary/aromatic N) is 4. The van der Waals surface area contributed by atoms with E-state index in [9.17, 15) is 0 Å². The van der Waals surface area contributed by atoms with Crippen molar-refractivity contribution < 1.29 is 9.26 Å². The molecule has 0 aliphatic heterocycles. The minimum absolute atomic E-state index is 0.475. The Balaban J connectivity index is 1.79. The van der Waals surface area contributed by atoms with E-state index in [1.54, 1.807) is 13.3 Å². The van der Waals surface area contributed by atoms with Gasteiger partial charge in [-0.15, -0.1) is 0 Å². The summed E-state index contributed by atoms with van der Waals surface area (Å²) >= 11 is 0. The van der Waals surface area contributed by atoms with E-state index in [2.05, 4.69) is 15.1 Å². The fourth-order valence-electron chi connectivity index (χ4n) is 1.82. The van der Waals surface area contributed by atoms with E-state index in [1.165, 1.54) is 0 Å². The van der Waals surface area contributed by atoms with Gasteiger partial charge in [0.15, 0.2) is 5.82 Å². The highest BCUT2D eigenvalue weighted by Gasteiger charge is 2.09. The molecule has 3 aromatic heterocycles. The first-order valence-corrected chi connectivity index (χ1v) is 6.28. The van der Waals surface area contributed by atoms with Crippen molar-refractivity contribution in [3.8, 4) is 17.3 Å². The summed E-state index contributed by atoms with van der Waals surface area (Å²) in [5, 5.41) is 3.90. The molecule has 102 valence electrons. The number of hydrogen-bond acceptors (Lipinski definition) is 5. The number of aromatic nitrogens is 4. The molecule has 20 heavy (non-hydrogen) atoms. The molecule has 0 N–H and O–H groups in total. The number of hydrogen-bond donors (Lipinski definition) is 0. The van der Waals surface area contributed by atoms with Crippen molar-refractivity contribution in [1.82, 2.24) is 19.7 Å². The molecule has 0 unspecified atom stereocenters. The Bertz CT molecular complexity index is 659. The molecule has 0 saturated carbocycles. The molecule has 0 fully saturated rings. The van der Waals surface area contributed by atoms with Gasteiger partial charge in [0.05, 0.1) is 12.2 Å². The van der Waals surface area contributed by atoms with Crippen LogP contribution in [0.2, 0.25) is 0 Å². The molecule has 0 amide bonds. The summed E-state index contributed by atoms with van der Waals surface area (Å²) in [7, 11) is 1.64. The molecule has 0 saturated heterocycles. The maximum absolute atomic E-state index is 5.21. The minimum atomic E-state index is 0.475. The third-order valence-electron chi connectivity index (χ3n) is 2.86.